The Morgan fingerprint density at radius 1 is 1.26 bits per heavy atom. The molecular weight excluding hydrogens is 305 g/mol. The molecule has 0 aliphatic carbocycles. The molecule has 0 fully saturated rings. The van der Waals surface area contributed by atoms with Gasteiger partial charge in [0.05, 0.1) is 0 Å². The summed E-state index contributed by atoms with van der Waals surface area (Å²) < 4.78 is 19.1. The fourth-order valence-corrected chi connectivity index (χ4v) is 2.51. The van der Waals surface area contributed by atoms with Gasteiger partial charge >= 0.3 is 5.97 Å². The summed E-state index contributed by atoms with van der Waals surface area (Å²) in [5.74, 6) is -1.79. The maximum atomic E-state index is 13.9. The highest BCUT2D eigenvalue weighted by Crippen LogP contribution is 2.36. The summed E-state index contributed by atoms with van der Waals surface area (Å²) >= 11 is 0. The van der Waals surface area contributed by atoms with Crippen LogP contribution in [0.2, 0.25) is 0 Å². The van der Waals surface area contributed by atoms with Crippen LogP contribution in [0.3, 0.4) is 0 Å². The van der Waals surface area contributed by atoms with Gasteiger partial charge in [-0.2, -0.15) is 0 Å². The van der Waals surface area contributed by atoms with Crippen molar-refractivity contribution < 1.29 is 29.3 Å². The number of aromatic hydroxyl groups is 1. The lowest BCUT2D eigenvalue weighted by Crippen LogP contribution is -2.24. The Hall–Kier alpha value is -3.09. The van der Waals surface area contributed by atoms with Gasteiger partial charge in [-0.05, 0) is 23.8 Å². The van der Waals surface area contributed by atoms with Crippen molar-refractivity contribution in [1.29, 1.82) is 0 Å². The van der Waals surface area contributed by atoms with Crippen molar-refractivity contribution in [1.82, 2.24) is 0 Å². The molecule has 118 valence electrons. The number of benzene rings is 2. The van der Waals surface area contributed by atoms with Gasteiger partial charge in [0.15, 0.2) is 6.10 Å². The van der Waals surface area contributed by atoms with Gasteiger partial charge in [0.25, 0.3) is 0 Å². The molecule has 0 spiro atoms. The third-order valence-electron chi connectivity index (χ3n) is 3.61. The number of phenols is 1. The van der Waals surface area contributed by atoms with E-state index in [0.29, 0.717) is 5.56 Å². The molecule has 0 saturated heterocycles. The summed E-state index contributed by atoms with van der Waals surface area (Å²) in [5, 5.41) is 31.4. The number of rotatable bonds is 3. The summed E-state index contributed by atoms with van der Waals surface area (Å²) in [6.07, 6.45) is -0.934. The highest BCUT2D eigenvalue weighted by Gasteiger charge is 2.31. The molecule has 23 heavy (non-hydrogen) atoms. The topological polar surface area (TPSA) is 99.4 Å². The van der Waals surface area contributed by atoms with Crippen molar-refractivity contribution in [2.24, 2.45) is 5.16 Å². The van der Waals surface area contributed by atoms with Gasteiger partial charge in [0.2, 0.25) is 0 Å². The minimum atomic E-state index is -1.12. The van der Waals surface area contributed by atoms with E-state index < -0.39 is 17.9 Å². The number of carboxylic acids is 1. The summed E-state index contributed by atoms with van der Waals surface area (Å²) in [5.41, 5.74) is 0.481. The Labute approximate surface area is 130 Å². The van der Waals surface area contributed by atoms with Gasteiger partial charge in [-0.15, -0.1) is 0 Å². The summed E-state index contributed by atoms with van der Waals surface area (Å²) in [6, 6.07) is 8.34. The van der Waals surface area contributed by atoms with Crippen molar-refractivity contribution in [2.75, 3.05) is 0 Å². The van der Waals surface area contributed by atoms with E-state index in [4.69, 9.17) is 9.84 Å². The second kappa shape index (κ2) is 5.60. The highest BCUT2D eigenvalue weighted by atomic mass is 19.1. The lowest BCUT2D eigenvalue weighted by atomic mass is 9.97. The zero-order valence-corrected chi connectivity index (χ0v) is 11.7. The van der Waals surface area contributed by atoms with Crippen molar-refractivity contribution in [3.63, 3.8) is 0 Å². The molecule has 3 rings (SSSR count). The number of ether oxygens (including phenoxy) is 1. The molecule has 0 bridgehead atoms. The van der Waals surface area contributed by atoms with E-state index in [-0.39, 0.29) is 34.8 Å². The van der Waals surface area contributed by atoms with E-state index in [1.165, 1.54) is 30.3 Å². The Kier molecular flexibility index (Phi) is 3.61. The van der Waals surface area contributed by atoms with E-state index >= 15 is 0 Å². The van der Waals surface area contributed by atoms with E-state index in [1.807, 2.05) is 0 Å². The fourth-order valence-electron chi connectivity index (χ4n) is 2.51. The number of carbonyl (C=O) groups is 1. The first-order valence-electron chi connectivity index (χ1n) is 6.74. The summed E-state index contributed by atoms with van der Waals surface area (Å²) in [7, 11) is 0. The molecule has 0 saturated carbocycles. The number of hydrogen-bond acceptors (Lipinski definition) is 5. The second-order valence-electron chi connectivity index (χ2n) is 5.05. The van der Waals surface area contributed by atoms with Crippen LogP contribution in [0.25, 0.3) is 0 Å². The number of fused-ring (bicyclic) bond motifs is 1. The van der Waals surface area contributed by atoms with Gasteiger partial charge in [-0.1, -0.05) is 17.3 Å². The number of aliphatic carboxylic acids is 1. The first-order valence-corrected chi connectivity index (χ1v) is 6.74. The molecule has 1 aliphatic heterocycles. The van der Waals surface area contributed by atoms with Crippen LogP contribution in [0.4, 0.5) is 4.39 Å². The molecule has 0 radical (unpaired) electrons. The summed E-state index contributed by atoms with van der Waals surface area (Å²) in [4.78, 5) is 11.0. The molecule has 6 nitrogen and oxygen atoms in total. The zero-order valence-electron chi connectivity index (χ0n) is 11.7. The van der Waals surface area contributed by atoms with E-state index in [2.05, 4.69) is 5.16 Å². The van der Waals surface area contributed by atoms with Crippen LogP contribution in [-0.4, -0.2) is 33.2 Å². The molecule has 0 amide bonds. The largest absolute Gasteiger partial charge is 0.507 e. The molecular formula is C16H12FNO5. The van der Waals surface area contributed by atoms with Crippen LogP contribution < -0.4 is 4.74 Å². The number of hydrogen-bond donors (Lipinski definition) is 3. The Balaban J connectivity index is 2.06. The first kappa shape index (κ1) is 14.8. The predicted molar refractivity (Wildman–Crippen MR) is 77.7 cm³/mol. The van der Waals surface area contributed by atoms with Gasteiger partial charge in [-0.3, -0.25) is 0 Å². The van der Waals surface area contributed by atoms with Crippen LogP contribution in [0.15, 0.2) is 41.6 Å². The number of carboxylic acid groups (broad SMARTS) is 1. The normalized spacial score (nSPS) is 16.7. The number of oxime groups is 1. The molecule has 1 heterocycles. The lowest BCUT2D eigenvalue weighted by molar-refractivity contribution is -0.144. The summed E-state index contributed by atoms with van der Waals surface area (Å²) in [6.45, 7) is 0. The molecule has 3 N–H and O–H groups in total. The maximum Gasteiger partial charge on any atom is 0.345 e. The minimum Gasteiger partial charge on any atom is -0.507 e. The van der Waals surface area contributed by atoms with Crippen LogP contribution in [0.1, 0.15) is 16.7 Å². The Morgan fingerprint density at radius 2 is 2.00 bits per heavy atom. The molecule has 2 aromatic rings. The standard InChI is InChI=1S/C16H12FNO5/c17-11-4-2-1-3-9(11)15(18-22)10-5-8-6-14(16(20)21)23-13(8)7-12(10)19/h1-5,7,14,19,22H,6H2,(H,20,21)/b18-15-. The first-order chi connectivity index (χ1) is 11.0. The molecule has 1 aliphatic rings. The van der Waals surface area contributed by atoms with E-state index in [1.54, 1.807) is 6.07 Å². The van der Waals surface area contributed by atoms with Gasteiger partial charge in [0.1, 0.15) is 23.0 Å². The Morgan fingerprint density at radius 3 is 2.65 bits per heavy atom. The highest BCUT2D eigenvalue weighted by molar-refractivity contribution is 6.14. The molecule has 0 aromatic heterocycles. The van der Waals surface area contributed by atoms with Gasteiger partial charge < -0.3 is 20.2 Å². The van der Waals surface area contributed by atoms with Crippen LogP contribution in [0.5, 0.6) is 11.5 Å². The SMILES string of the molecule is O=C(O)C1Cc2cc(/C(=N\O)c3ccccc3F)c(O)cc2O1. The predicted octanol–water partition coefficient (Wildman–Crippen LogP) is 2.15. The van der Waals surface area contributed by atoms with Gasteiger partial charge in [-0.25, -0.2) is 9.18 Å². The van der Waals surface area contributed by atoms with Gasteiger partial charge in [0, 0.05) is 23.6 Å². The molecule has 1 atom stereocenters. The van der Waals surface area contributed by atoms with Crippen LogP contribution >= 0.6 is 0 Å². The van der Waals surface area contributed by atoms with Crippen molar-refractivity contribution in [2.45, 2.75) is 12.5 Å². The number of halogens is 1. The fraction of sp³-hybridized carbons (Fsp3) is 0.125. The molecule has 2 aromatic carbocycles. The monoisotopic (exact) mass is 317 g/mol. The quantitative estimate of drug-likeness (QED) is 0.457. The number of phenolic OH excluding ortho intramolecular Hbond substituents is 1. The second-order valence-corrected chi connectivity index (χ2v) is 5.05. The molecule has 7 heteroatoms. The maximum absolute atomic E-state index is 13.9. The van der Waals surface area contributed by atoms with Crippen LogP contribution in [0, 0.1) is 5.82 Å². The Bertz CT molecular complexity index is 818. The minimum absolute atomic E-state index is 0.0129. The van der Waals surface area contributed by atoms with E-state index in [0.717, 1.165) is 0 Å². The van der Waals surface area contributed by atoms with Crippen molar-refractivity contribution >= 4 is 11.7 Å². The lowest BCUT2D eigenvalue weighted by Gasteiger charge is -2.10. The molecule has 1 unspecified atom stereocenters. The average Bonchev–Trinajstić information content (AvgIpc) is 2.93. The van der Waals surface area contributed by atoms with Crippen LogP contribution in [-0.2, 0) is 11.2 Å². The zero-order chi connectivity index (χ0) is 16.6. The third-order valence-corrected chi connectivity index (χ3v) is 3.61. The third kappa shape index (κ3) is 2.57. The number of nitrogens with zero attached hydrogens (tertiary/aromatic N) is 1. The smallest absolute Gasteiger partial charge is 0.345 e. The average molecular weight is 317 g/mol. The van der Waals surface area contributed by atoms with E-state index in [9.17, 15) is 19.5 Å². The van der Waals surface area contributed by atoms with Crippen molar-refractivity contribution in [3.8, 4) is 11.5 Å². The van der Waals surface area contributed by atoms with Crippen molar-refractivity contribution in [3.05, 3.63) is 58.9 Å².